The van der Waals surface area contributed by atoms with E-state index in [0.717, 1.165) is 30.0 Å². The molecule has 106 valence electrons. The van der Waals surface area contributed by atoms with E-state index in [1.165, 1.54) is 0 Å². The van der Waals surface area contributed by atoms with Crippen LogP contribution in [-0.2, 0) is 13.0 Å². The molecule has 0 unspecified atom stereocenters. The Bertz CT molecular complexity index is 584. The van der Waals surface area contributed by atoms with Crippen LogP contribution in [0.4, 0.5) is 0 Å². The van der Waals surface area contributed by atoms with Crippen molar-refractivity contribution in [2.24, 2.45) is 0 Å². The van der Waals surface area contributed by atoms with Gasteiger partial charge in [0.2, 0.25) is 0 Å². The van der Waals surface area contributed by atoms with Crippen molar-refractivity contribution >= 4 is 22.2 Å². The fourth-order valence-electron chi connectivity index (χ4n) is 1.67. The lowest BCUT2D eigenvalue weighted by atomic mass is 10.2. The van der Waals surface area contributed by atoms with Gasteiger partial charge in [-0.2, -0.15) is 4.98 Å². The molecule has 0 saturated heterocycles. The number of ether oxygens (including phenoxy) is 1. The van der Waals surface area contributed by atoms with Crippen LogP contribution < -0.4 is 4.74 Å². The lowest BCUT2D eigenvalue weighted by Crippen LogP contribution is -1.99. The minimum absolute atomic E-state index is 0.154. The molecule has 6 heteroatoms. The van der Waals surface area contributed by atoms with Crippen molar-refractivity contribution in [3.05, 3.63) is 40.0 Å². The highest BCUT2D eigenvalue weighted by molar-refractivity contribution is 9.10. The van der Waals surface area contributed by atoms with Gasteiger partial charge < -0.3 is 9.26 Å². The molecule has 0 spiro atoms. The fourth-order valence-corrected chi connectivity index (χ4v) is 2.05. The summed E-state index contributed by atoms with van der Waals surface area (Å²) in [6, 6.07) is 5.23. The van der Waals surface area contributed by atoms with Crippen LogP contribution in [0.25, 0.3) is 0 Å². The minimum Gasteiger partial charge on any atom is -0.483 e. The number of carbonyl (C=O) groups excluding carboxylic acids is 1. The molecular weight excluding hydrogens is 324 g/mol. The third-order valence-corrected chi connectivity index (χ3v) is 3.21. The molecule has 0 aliphatic rings. The summed E-state index contributed by atoms with van der Waals surface area (Å²) in [7, 11) is 0. The van der Waals surface area contributed by atoms with Crippen molar-refractivity contribution < 1.29 is 14.1 Å². The summed E-state index contributed by atoms with van der Waals surface area (Å²) >= 11 is 3.31. The first kappa shape index (κ1) is 14.7. The number of aryl methyl sites for hydroxylation is 1. The fraction of sp³-hybridized carbons (Fsp3) is 0.357. The SMILES string of the molecule is CCCCc1noc(COc2ccc(Br)cc2C=O)n1. The van der Waals surface area contributed by atoms with Gasteiger partial charge in [-0.15, -0.1) is 0 Å². The van der Waals surface area contributed by atoms with E-state index in [0.29, 0.717) is 23.0 Å². The van der Waals surface area contributed by atoms with Crippen LogP contribution in [0.2, 0.25) is 0 Å². The molecule has 0 saturated carbocycles. The second-order valence-corrected chi connectivity index (χ2v) is 5.21. The molecule has 0 bridgehead atoms. The molecule has 0 radical (unpaired) electrons. The summed E-state index contributed by atoms with van der Waals surface area (Å²) in [5.41, 5.74) is 0.477. The lowest BCUT2D eigenvalue weighted by Gasteiger charge is -2.05. The van der Waals surface area contributed by atoms with Crippen molar-refractivity contribution in [3.63, 3.8) is 0 Å². The number of benzene rings is 1. The standard InChI is InChI=1S/C14H15BrN2O3/c1-2-3-4-13-16-14(20-17-13)9-19-12-6-5-11(15)7-10(12)8-18/h5-8H,2-4,9H2,1H3. The molecule has 20 heavy (non-hydrogen) atoms. The highest BCUT2D eigenvalue weighted by Crippen LogP contribution is 2.22. The highest BCUT2D eigenvalue weighted by atomic mass is 79.9. The molecular formula is C14H15BrN2O3. The van der Waals surface area contributed by atoms with Crippen molar-refractivity contribution in [1.82, 2.24) is 10.1 Å². The highest BCUT2D eigenvalue weighted by Gasteiger charge is 2.09. The van der Waals surface area contributed by atoms with Gasteiger partial charge >= 0.3 is 0 Å². The number of aldehydes is 1. The Morgan fingerprint density at radius 2 is 2.30 bits per heavy atom. The van der Waals surface area contributed by atoms with Gasteiger partial charge in [-0.25, -0.2) is 0 Å². The quantitative estimate of drug-likeness (QED) is 0.722. The van der Waals surface area contributed by atoms with Crippen LogP contribution in [0, 0.1) is 0 Å². The topological polar surface area (TPSA) is 65.2 Å². The van der Waals surface area contributed by atoms with Crippen LogP contribution in [0.15, 0.2) is 27.2 Å². The zero-order valence-electron chi connectivity index (χ0n) is 11.1. The number of halogens is 1. The monoisotopic (exact) mass is 338 g/mol. The number of hydrogen-bond donors (Lipinski definition) is 0. The van der Waals surface area contributed by atoms with Crippen molar-refractivity contribution in [3.8, 4) is 5.75 Å². The van der Waals surface area contributed by atoms with Crippen molar-refractivity contribution in [1.29, 1.82) is 0 Å². The molecule has 0 aliphatic carbocycles. The Kier molecular flexibility index (Phi) is 5.29. The molecule has 0 fully saturated rings. The normalized spacial score (nSPS) is 10.5. The van der Waals surface area contributed by atoms with Gasteiger partial charge in [-0.05, 0) is 24.6 Å². The Balaban J connectivity index is 1.98. The minimum atomic E-state index is 0.154. The molecule has 1 aromatic heterocycles. The van der Waals surface area contributed by atoms with E-state index < -0.39 is 0 Å². The van der Waals surface area contributed by atoms with Crippen LogP contribution in [-0.4, -0.2) is 16.4 Å². The van der Waals surface area contributed by atoms with Crippen LogP contribution in [0.1, 0.15) is 41.8 Å². The molecule has 5 nitrogen and oxygen atoms in total. The third-order valence-electron chi connectivity index (χ3n) is 2.71. The van der Waals surface area contributed by atoms with E-state index in [2.05, 4.69) is 33.0 Å². The summed E-state index contributed by atoms with van der Waals surface area (Å²) in [5, 5.41) is 3.88. The maximum Gasteiger partial charge on any atom is 0.264 e. The van der Waals surface area contributed by atoms with Gasteiger partial charge in [0, 0.05) is 10.9 Å². The Hall–Kier alpha value is -1.69. The second-order valence-electron chi connectivity index (χ2n) is 4.30. The first-order valence-corrected chi connectivity index (χ1v) is 7.21. The van der Waals surface area contributed by atoms with E-state index in [-0.39, 0.29) is 6.61 Å². The first-order valence-electron chi connectivity index (χ1n) is 6.42. The third kappa shape index (κ3) is 3.90. The number of hydrogen-bond acceptors (Lipinski definition) is 5. The Morgan fingerprint density at radius 3 is 3.05 bits per heavy atom. The molecule has 1 heterocycles. The summed E-state index contributed by atoms with van der Waals surface area (Å²) in [6.45, 7) is 2.26. The number of nitrogens with zero attached hydrogens (tertiary/aromatic N) is 2. The molecule has 2 aromatic rings. The van der Waals surface area contributed by atoms with E-state index >= 15 is 0 Å². The number of unbranched alkanes of at least 4 members (excludes halogenated alkanes) is 1. The second kappa shape index (κ2) is 7.19. The van der Waals surface area contributed by atoms with Gasteiger partial charge in [0.15, 0.2) is 18.7 Å². The van der Waals surface area contributed by atoms with E-state index in [4.69, 9.17) is 9.26 Å². The molecule has 0 amide bonds. The van der Waals surface area contributed by atoms with Gasteiger partial charge in [0.05, 0.1) is 5.56 Å². The van der Waals surface area contributed by atoms with E-state index in [1.807, 2.05) is 6.07 Å². The number of aromatic nitrogens is 2. The summed E-state index contributed by atoms with van der Waals surface area (Å²) in [6.07, 6.45) is 3.67. The van der Waals surface area contributed by atoms with E-state index in [9.17, 15) is 4.79 Å². The van der Waals surface area contributed by atoms with Crippen molar-refractivity contribution in [2.75, 3.05) is 0 Å². The Labute approximate surface area is 125 Å². The van der Waals surface area contributed by atoms with Gasteiger partial charge in [0.25, 0.3) is 5.89 Å². The molecule has 0 N–H and O–H groups in total. The maximum atomic E-state index is 11.0. The van der Waals surface area contributed by atoms with Gasteiger partial charge in [-0.3, -0.25) is 4.79 Å². The molecule has 1 aromatic carbocycles. The zero-order valence-corrected chi connectivity index (χ0v) is 12.7. The van der Waals surface area contributed by atoms with Crippen LogP contribution >= 0.6 is 15.9 Å². The predicted molar refractivity (Wildman–Crippen MR) is 76.8 cm³/mol. The largest absolute Gasteiger partial charge is 0.483 e. The summed E-state index contributed by atoms with van der Waals surface area (Å²) in [4.78, 5) is 15.2. The maximum absolute atomic E-state index is 11.0. The van der Waals surface area contributed by atoms with Gasteiger partial charge in [0.1, 0.15) is 5.75 Å². The van der Waals surface area contributed by atoms with Crippen molar-refractivity contribution in [2.45, 2.75) is 32.8 Å². The summed E-state index contributed by atoms with van der Waals surface area (Å²) in [5.74, 6) is 1.60. The smallest absolute Gasteiger partial charge is 0.264 e. The Morgan fingerprint density at radius 1 is 1.45 bits per heavy atom. The van der Waals surface area contributed by atoms with Crippen LogP contribution in [0.5, 0.6) is 5.75 Å². The summed E-state index contributed by atoms with van der Waals surface area (Å²) < 4.78 is 11.5. The predicted octanol–water partition coefficient (Wildman–Crippen LogP) is 3.57. The first-order chi connectivity index (χ1) is 9.72. The van der Waals surface area contributed by atoms with Gasteiger partial charge in [-0.1, -0.05) is 34.4 Å². The van der Waals surface area contributed by atoms with E-state index in [1.54, 1.807) is 12.1 Å². The molecule has 0 aliphatic heterocycles. The molecule has 2 rings (SSSR count). The lowest BCUT2D eigenvalue weighted by molar-refractivity contribution is 0.111. The zero-order chi connectivity index (χ0) is 14.4. The molecule has 0 atom stereocenters. The average Bonchev–Trinajstić information content (AvgIpc) is 2.91. The van der Waals surface area contributed by atoms with Crippen LogP contribution in [0.3, 0.4) is 0 Å². The number of rotatable bonds is 7. The average molecular weight is 339 g/mol. The number of carbonyl (C=O) groups is 1.